The van der Waals surface area contributed by atoms with Crippen LogP contribution in [0.4, 0.5) is 5.82 Å². The first-order chi connectivity index (χ1) is 12.1. The lowest BCUT2D eigenvalue weighted by Gasteiger charge is -2.20. The van der Waals surface area contributed by atoms with Gasteiger partial charge in [0.1, 0.15) is 18.6 Å². The van der Waals surface area contributed by atoms with E-state index >= 15 is 0 Å². The van der Waals surface area contributed by atoms with Crippen molar-refractivity contribution in [1.29, 1.82) is 0 Å². The molecule has 25 heavy (non-hydrogen) atoms. The molecule has 1 aromatic heterocycles. The van der Waals surface area contributed by atoms with Gasteiger partial charge in [0.2, 0.25) is 5.91 Å². The summed E-state index contributed by atoms with van der Waals surface area (Å²) in [5, 5.41) is 6.18. The number of nitrogens with zero attached hydrogens (tertiary/aromatic N) is 2. The van der Waals surface area contributed by atoms with Gasteiger partial charge in [0, 0.05) is 18.2 Å². The van der Waals surface area contributed by atoms with Crippen molar-refractivity contribution in [3.63, 3.8) is 0 Å². The number of hydrogen-bond acceptors (Lipinski definition) is 5. The van der Waals surface area contributed by atoms with E-state index in [2.05, 4.69) is 21.9 Å². The van der Waals surface area contributed by atoms with Crippen molar-refractivity contribution >= 4 is 17.6 Å². The highest BCUT2D eigenvalue weighted by molar-refractivity contribution is 5.99. The van der Waals surface area contributed by atoms with Crippen LogP contribution < -0.4 is 10.1 Å². The topological polar surface area (TPSA) is 84.7 Å². The molecule has 0 fully saturated rings. The number of benzene rings is 1. The third-order valence-electron chi connectivity index (χ3n) is 3.58. The Labute approximate surface area is 146 Å². The normalized spacial score (nSPS) is 10.3. The van der Waals surface area contributed by atoms with Crippen molar-refractivity contribution in [2.24, 2.45) is 0 Å². The summed E-state index contributed by atoms with van der Waals surface area (Å²) in [6, 6.07) is 8.50. The lowest BCUT2D eigenvalue weighted by Crippen LogP contribution is -2.37. The largest absolute Gasteiger partial charge is 0.494 e. The number of ether oxygens (including phenoxy) is 1. The van der Waals surface area contributed by atoms with Gasteiger partial charge in [-0.3, -0.25) is 9.59 Å². The van der Waals surface area contributed by atoms with Gasteiger partial charge in [0.05, 0.1) is 6.61 Å². The van der Waals surface area contributed by atoms with Crippen molar-refractivity contribution < 1.29 is 18.8 Å². The molecule has 1 aromatic carbocycles. The highest BCUT2D eigenvalue weighted by Crippen LogP contribution is 2.14. The van der Waals surface area contributed by atoms with Gasteiger partial charge >= 0.3 is 0 Å². The summed E-state index contributed by atoms with van der Waals surface area (Å²) < 4.78 is 10.2. The molecule has 0 aliphatic carbocycles. The fourth-order valence-corrected chi connectivity index (χ4v) is 2.17. The Kier molecular flexibility index (Phi) is 7.00. The molecule has 2 amide bonds. The minimum atomic E-state index is -0.330. The molecule has 0 saturated heterocycles. The Balaban J connectivity index is 1.92. The van der Waals surface area contributed by atoms with E-state index in [9.17, 15) is 9.59 Å². The highest BCUT2D eigenvalue weighted by atomic mass is 16.5. The zero-order valence-electron chi connectivity index (χ0n) is 14.5. The molecule has 1 N–H and O–H groups in total. The second kappa shape index (κ2) is 9.46. The molecular formula is C18H23N3O4. The molecule has 0 unspecified atom stereocenters. The average molecular weight is 345 g/mol. The fraction of sp³-hybridized carbons (Fsp3) is 0.389. The first-order valence-electron chi connectivity index (χ1n) is 8.36. The van der Waals surface area contributed by atoms with E-state index < -0.39 is 0 Å². The SMILES string of the molecule is CCCCOc1ccc(C(=O)N(CC)CC(=O)Nc2ccon2)cc1. The predicted molar refractivity (Wildman–Crippen MR) is 93.6 cm³/mol. The summed E-state index contributed by atoms with van der Waals surface area (Å²) in [5.41, 5.74) is 0.513. The Bertz CT molecular complexity index is 668. The van der Waals surface area contributed by atoms with Crippen LogP contribution in [0.3, 0.4) is 0 Å². The molecule has 0 aliphatic rings. The molecule has 0 aliphatic heterocycles. The van der Waals surface area contributed by atoms with Crippen LogP contribution in [0.15, 0.2) is 41.1 Å². The number of unbranched alkanes of at least 4 members (excludes halogenated alkanes) is 1. The Morgan fingerprint density at radius 1 is 1.20 bits per heavy atom. The van der Waals surface area contributed by atoms with E-state index in [0.29, 0.717) is 24.5 Å². The van der Waals surface area contributed by atoms with Crippen LogP contribution in [0.5, 0.6) is 5.75 Å². The summed E-state index contributed by atoms with van der Waals surface area (Å²) >= 11 is 0. The molecule has 2 rings (SSSR count). The summed E-state index contributed by atoms with van der Waals surface area (Å²) in [6.45, 7) is 4.94. The number of hydrogen-bond donors (Lipinski definition) is 1. The number of nitrogens with one attached hydrogen (secondary N) is 1. The summed E-state index contributed by atoms with van der Waals surface area (Å²) in [7, 11) is 0. The lowest BCUT2D eigenvalue weighted by atomic mass is 10.2. The van der Waals surface area contributed by atoms with Crippen molar-refractivity contribution in [3.8, 4) is 5.75 Å². The van der Waals surface area contributed by atoms with Gasteiger partial charge in [-0.1, -0.05) is 18.5 Å². The number of anilines is 1. The van der Waals surface area contributed by atoms with Gasteiger partial charge < -0.3 is 19.5 Å². The van der Waals surface area contributed by atoms with Crippen LogP contribution in [0.1, 0.15) is 37.0 Å². The number of amides is 2. The second-order valence-corrected chi connectivity index (χ2v) is 5.48. The third kappa shape index (κ3) is 5.63. The van der Waals surface area contributed by atoms with Crippen LogP contribution in [0.2, 0.25) is 0 Å². The smallest absolute Gasteiger partial charge is 0.254 e. The molecule has 2 aromatic rings. The zero-order chi connectivity index (χ0) is 18.1. The molecule has 0 atom stereocenters. The first-order valence-corrected chi connectivity index (χ1v) is 8.36. The van der Waals surface area contributed by atoms with Crippen LogP contribution in [-0.4, -0.2) is 41.6 Å². The number of rotatable bonds is 9. The molecule has 7 nitrogen and oxygen atoms in total. The molecule has 0 bridgehead atoms. The standard InChI is InChI=1S/C18H23N3O4/c1-3-5-11-24-15-8-6-14(7-9-15)18(23)21(4-2)13-17(22)19-16-10-12-25-20-16/h6-10,12H,3-5,11,13H2,1-2H3,(H,19,20,22). The average Bonchev–Trinajstić information content (AvgIpc) is 3.13. The van der Waals surface area contributed by atoms with Crippen LogP contribution in [0, 0.1) is 0 Å². The molecule has 0 radical (unpaired) electrons. The van der Waals surface area contributed by atoms with E-state index in [1.54, 1.807) is 24.3 Å². The van der Waals surface area contributed by atoms with Crippen LogP contribution in [-0.2, 0) is 4.79 Å². The van der Waals surface area contributed by atoms with E-state index in [-0.39, 0.29) is 18.4 Å². The van der Waals surface area contributed by atoms with Gasteiger partial charge in [0.15, 0.2) is 5.82 Å². The molecule has 0 saturated carbocycles. The maximum Gasteiger partial charge on any atom is 0.254 e. The van der Waals surface area contributed by atoms with Crippen molar-refractivity contribution in [3.05, 3.63) is 42.2 Å². The summed E-state index contributed by atoms with van der Waals surface area (Å²) in [6.07, 6.45) is 3.42. The fourth-order valence-electron chi connectivity index (χ4n) is 2.17. The van der Waals surface area contributed by atoms with Gasteiger partial charge in [-0.2, -0.15) is 0 Å². The monoisotopic (exact) mass is 345 g/mol. The molecule has 0 spiro atoms. The highest BCUT2D eigenvalue weighted by Gasteiger charge is 2.18. The molecule has 134 valence electrons. The number of aromatic nitrogens is 1. The molecular weight excluding hydrogens is 322 g/mol. The quantitative estimate of drug-likeness (QED) is 0.706. The minimum absolute atomic E-state index is 0.0586. The maximum atomic E-state index is 12.6. The zero-order valence-corrected chi connectivity index (χ0v) is 14.5. The van der Waals surface area contributed by atoms with Gasteiger partial charge in [-0.05, 0) is 37.6 Å². The number of carbonyl (C=O) groups is 2. The van der Waals surface area contributed by atoms with E-state index in [0.717, 1.165) is 18.6 Å². The van der Waals surface area contributed by atoms with Crippen molar-refractivity contribution in [2.75, 3.05) is 25.0 Å². The van der Waals surface area contributed by atoms with Crippen LogP contribution in [0.25, 0.3) is 0 Å². The van der Waals surface area contributed by atoms with Crippen molar-refractivity contribution in [1.82, 2.24) is 10.1 Å². The Morgan fingerprint density at radius 3 is 2.56 bits per heavy atom. The van der Waals surface area contributed by atoms with E-state index in [4.69, 9.17) is 4.74 Å². The maximum absolute atomic E-state index is 12.6. The number of carbonyl (C=O) groups excluding carboxylic acids is 2. The third-order valence-corrected chi connectivity index (χ3v) is 3.58. The molecule has 1 heterocycles. The van der Waals surface area contributed by atoms with E-state index in [1.165, 1.54) is 17.2 Å². The summed E-state index contributed by atoms with van der Waals surface area (Å²) in [4.78, 5) is 26.0. The summed E-state index contributed by atoms with van der Waals surface area (Å²) in [5.74, 6) is 0.514. The van der Waals surface area contributed by atoms with Gasteiger partial charge in [-0.25, -0.2) is 0 Å². The van der Waals surface area contributed by atoms with Crippen LogP contribution >= 0.6 is 0 Å². The second-order valence-electron chi connectivity index (χ2n) is 5.48. The number of likely N-dealkylation sites (N-methyl/N-ethyl adjacent to an activating group) is 1. The Hall–Kier alpha value is -2.83. The molecule has 7 heteroatoms. The van der Waals surface area contributed by atoms with Gasteiger partial charge in [-0.15, -0.1) is 0 Å². The predicted octanol–water partition coefficient (Wildman–Crippen LogP) is 2.95. The lowest BCUT2D eigenvalue weighted by molar-refractivity contribution is -0.116. The first kappa shape index (κ1) is 18.5. The minimum Gasteiger partial charge on any atom is -0.494 e. The van der Waals surface area contributed by atoms with Gasteiger partial charge in [0.25, 0.3) is 5.91 Å². The Morgan fingerprint density at radius 2 is 1.96 bits per heavy atom. The van der Waals surface area contributed by atoms with Crippen molar-refractivity contribution in [2.45, 2.75) is 26.7 Å². The van der Waals surface area contributed by atoms with E-state index in [1.807, 2.05) is 6.92 Å².